The third kappa shape index (κ3) is 6.43. The zero-order valence-corrected chi connectivity index (χ0v) is 18.8. The van der Waals surface area contributed by atoms with Crippen molar-refractivity contribution in [1.29, 1.82) is 0 Å². The molecule has 2 rings (SSSR count). The highest BCUT2D eigenvalue weighted by molar-refractivity contribution is 9.10. The summed E-state index contributed by atoms with van der Waals surface area (Å²) < 4.78 is 22.7. The van der Waals surface area contributed by atoms with Gasteiger partial charge in [0, 0.05) is 23.5 Å². The number of fused-ring (bicyclic) bond motifs is 1. The van der Waals surface area contributed by atoms with Crippen LogP contribution in [0.25, 0.3) is 0 Å². The Kier molecular flexibility index (Phi) is 8.04. The van der Waals surface area contributed by atoms with Gasteiger partial charge in [-0.2, -0.15) is 0 Å². The van der Waals surface area contributed by atoms with E-state index in [0.717, 1.165) is 4.47 Å². The molecule has 0 fully saturated rings. The average Bonchev–Trinajstić information content (AvgIpc) is 2.79. The van der Waals surface area contributed by atoms with E-state index in [1.54, 1.807) is 19.2 Å². The van der Waals surface area contributed by atoms with E-state index >= 15 is 0 Å². The number of nitrogens with two attached hydrogens (primary N) is 2. The molecule has 0 amide bonds. The Morgan fingerprint density at radius 3 is 2.72 bits per heavy atom. The molecule has 0 saturated heterocycles. The highest BCUT2D eigenvalue weighted by atomic mass is 79.9. The Morgan fingerprint density at radius 2 is 2.14 bits per heavy atom. The molecule has 9 nitrogen and oxygen atoms in total. The molecular formula is C18H23BrN5O4P. The molecule has 0 saturated carbocycles. The number of carbonyl (C=O) groups excluding carboxylic acids is 1. The predicted molar refractivity (Wildman–Crippen MR) is 118 cm³/mol. The Balaban J connectivity index is 2.68. The van der Waals surface area contributed by atoms with Crippen LogP contribution in [0, 0.1) is 0 Å². The summed E-state index contributed by atoms with van der Waals surface area (Å²) in [6, 6.07) is 4.63. The van der Waals surface area contributed by atoms with Crippen LogP contribution in [-0.2, 0) is 18.6 Å². The lowest BCUT2D eigenvalue weighted by atomic mass is 10.0. The summed E-state index contributed by atoms with van der Waals surface area (Å²) in [6.07, 6.45) is 3.88. The number of esters is 1. The first-order valence-electron chi connectivity index (χ1n) is 8.68. The third-order valence-corrected chi connectivity index (χ3v) is 4.87. The van der Waals surface area contributed by atoms with Gasteiger partial charge in [0.25, 0.3) is 0 Å². The fraction of sp³-hybridized carbons (Fsp3) is 0.333. The summed E-state index contributed by atoms with van der Waals surface area (Å²) in [5.74, 6) is -0.455. The minimum absolute atomic E-state index is 0.0308. The minimum Gasteiger partial charge on any atom is -0.469 e. The van der Waals surface area contributed by atoms with Gasteiger partial charge in [0.05, 0.1) is 24.2 Å². The average molecular weight is 484 g/mol. The first-order chi connectivity index (χ1) is 13.7. The zero-order chi connectivity index (χ0) is 21.6. The van der Waals surface area contributed by atoms with Crippen molar-refractivity contribution < 1.29 is 18.6 Å². The molecule has 11 heteroatoms. The summed E-state index contributed by atoms with van der Waals surface area (Å²) in [4.78, 5) is 25.2. The SMILES string of the molecule is C/C=C\C(=NC)C1=N[C@@H](CCC(=O)OC)C(OP(N)(N)=O)=Nc2ccc(Br)cc21. The molecule has 156 valence electrons. The first kappa shape index (κ1) is 23.2. The number of hydrogen-bond acceptors (Lipinski definition) is 7. The zero-order valence-electron chi connectivity index (χ0n) is 16.3. The Labute approximate surface area is 177 Å². The number of allylic oxidation sites excluding steroid dienone is 2. The minimum atomic E-state index is -3.90. The van der Waals surface area contributed by atoms with Gasteiger partial charge in [-0.15, -0.1) is 0 Å². The Bertz CT molecular complexity index is 952. The van der Waals surface area contributed by atoms with Gasteiger partial charge in [-0.25, -0.2) is 20.6 Å². The van der Waals surface area contributed by atoms with E-state index in [9.17, 15) is 9.36 Å². The lowest BCUT2D eigenvalue weighted by Gasteiger charge is -2.17. The van der Waals surface area contributed by atoms with Crippen molar-refractivity contribution in [2.24, 2.45) is 26.0 Å². The van der Waals surface area contributed by atoms with Crippen LogP contribution in [0.3, 0.4) is 0 Å². The molecule has 0 spiro atoms. The summed E-state index contributed by atoms with van der Waals surface area (Å²) in [5.41, 5.74) is 13.2. The number of carbonyl (C=O) groups is 1. The molecule has 1 aromatic carbocycles. The van der Waals surface area contributed by atoms with Gasteiger partial charge in [0.1, 0.15) is 6.04 Å². The number of aliphatic imine (C=N–C) groups is 3. The molecule has 0 radical (unpaired) electrons. The number of nitrogens with zero attached hydrogens (tertiary/aromatic N) is 3. The summed E-state index contributed by atoms with van der Waals surface area (Å²) >= 11 is 3.45. The van der Waals surface area contributed by atoms with E-state index in [1.165, 1.54) is 7.11 Å². The topological polar surface area (TPSA) is 142 Å². The third-order valence-electron chi connectivity index (χ3n) is 3.91. The van der Waals surface area contributed by atoms with Gasteiger partial charge in [0.15, 0.2) is 0 Å². The monoisotopic (exact) mass is 483 g/mol. The first-order valence-corrected chi connectivity index (χ1v) is 11.2. The number of rotatable bonds is 6. The van der Waals surface area contributed by atoms with Crippen LogP contribution in [0.1, 0.15) is 25.3 Å². The van der Waals surface area contributed by atoms with E-state index in [4.69, 9.17) is 25.3 Å². The molecule has 1 heterocycles. The van der Waals surface area contributed by atoms with Crippen molar-refractivity contribution >= 4 is 52.6 Å². The molecule has 0 bridgehead atoms. The van der Waals surface area contributed by atoms with E-state index in [2.05, 4.69) is 25.9 Å². The molecule has 1 aliphatic heterocycles. The van der Waals surface area contributed by atoms with Crippen molar-refractivity contribution in [3.8, 4) is 0 Å². The van der Waals surface area contributed by atoms with Gasteiger partial charge >= 0.3 is 13.6 Å². The molecule has 1 aromatic rings. The van der Waals surface area contributed by atoms with Crippen LogP contribution >= 0.6 is 23.6 Å². The van der Waals surface area contributed by atoms with Gasteiger partial charge in [-0.3, -0.25) is 14.8 Å². The number of halogens is 1. The van der Waals surface area contributed by atoms with E-state index in [-0.39, 0.29) is 18.7 Å². The summed E-state index contributed by atoms with van der Waals surface area (Å²) in [5, 5.41) is 0. The number of methoxy groups -OCH3 is 1. The summed E-state index contributed by atoms with van der Waals surface area (Å²) in [7, 11) is -0.954. The van der Waals surface area contributed by atoms with Crippen LogP contribution in [0.2, 0.25) is 0 Å². The molecular weight excluding hydrogens is 461 g/mol. The van der Waals surface area contributed by atoms with E-state index in [0.29, 0.717) is 22.7 Å². The Hall–Kier alpha value is -2.13. The van der Waals surface area contributed by atoms with Crippen LogP contribution in [0.4, 0.5) is 5.69 Å². The predicted octanol–water partition coefficient (Wildman–Crippen LogP) is 3.29. The maximum atomic E-state index is 11.9. The lowest BCUT2D eigenvalue weighted by Crippen LogP contribution is -2.26. The standard InChI is InChI=1S/C18H23BrN5O4P/c1-4-5-14(22-2)17-12-10-11(19)6-7-13(12)24-18(28-29(20,21)26)15(23-17)8-9-16(25)27-3/h4-7,10,15H,8-9H2,1-3H3,(H4,20,21,26)/b5-4-,22-14?/t15-/m0/s1. The number of hydrogen-bond donors (Lipinski definition) is 2. The van der Waals surface area contributed by atoms with E-state index in [1.807, 2.05) is 25.1 Å². The van der Waals surface area contributed by atoms with Crippen molar-refractivity contribution in [2.45, 2.75) is 25.8 Å². The van der Waals surface area contributed by atoms with Gasteiger partial charge < -0.3 is 9.26 Å². The molecule has 0 unspecified atom stereocenters. The highest BCUT2D eigenvalue weighted by Gasteiger charge is 2.29. The molecule has 1 aliphatic rings. The van der Waals surface area contributed by atoms with Crippen molar-refractivity contribution in [3.63, 3.8) is 0 Å². The second-order valence-electron chi connectivity index (χ2n) is 6.07. The fourth-order valence-corrected chi connectivity index (χ4v) is 3.48. The molecule has 0 aromatic heterocycles. The van der Waals surface area contributed by atoms with Gasteiger partial charge in [0.2, 0.25) is 5.90 Å². The van der Waals surface area contributed by atoms with E-state index < -0.39 is 19.7 Å². The maximum absolute atomic E-state index is 11.9. The second kappa shape index (κ2) is 10.1. The van der Waals surface area contributed by atoms with Gasteiger partial charge in [-0.05, 0) is 37.6 Å². The number of benzene rings is 1. The maximum Gasteiger partial charge on any atom is 0.386 e. The van der Waals surface area contributed by atoms with Crippen molar-refractivity contribution in [3.05, 3.63) is 40.4 Å². The molecule has 4 N–H and O–H groups in total. The second-order valence-corrected chi connectivity index (χ2v) is 8.45. The van der Waals surface area contributed by atoms with Crippen molar-refractivity contribution in [1.82, 2.24) is 0 Å². The Morgan fingerprint density at radius 1 is 1.41 bits per heavy atom. The molecule has 29 heavy (non-hydrogen) atoms. The van der Waals surface area contributed by atoms with Crippen LogP contribution in [0.5, 0.6) is 0 Å². The van der Waals surface area contributed by atoms with Gasteiger partial charge in [-0.1, -0.05) is 22.0 Å². The molecule has 1 atom stereocenters. The van der Waals surface area contributed by atoms with Crippen molar-refractivity contribution in [2.75, 3.05) is 14.2 Å². The normalized spacial score (nSPS) is 17.3. The molecule has 0 aliphatic carbocycles. The summed E-state index contributed by atoms with van der Waals surface area (Å²) in [6.45, 7) is 1.86. The quantitative estimate of drug-likeness (QED) is 0.361. The largest absolute Gasteiger partial charge is 0.469 e. The van der Waals surface area contributed by atoms with Crippen LogP contribution < -0.4 is 11.0 Å². The fourth-order valence-electron chi connectivity index (χ4n) is 2.66. The lowest BCUT2D eigenvalue weighted by molar-refractivity contribution is -0.140. The highest BCUT2D eigenvalue weighted by Crippen LogP contribution is 2.34. The smallest absolute Gasteiger partial charge is 0.386 e. The van der Waals surface area contributed by atoms with Crippen LogP contribution in [-0.4, -0.2) is 43.5 Å². The number of ether oxygens (including phenoxy) is 1. The van der Waals surface area contributed by atoms with Crippen LogP contribution in [0.15, 0.2) is 49.8 Å².